The summed E-state index contributed by atoms with van der Waals surface area (Å²) >= 11 is 0. The number of aromatic nitrogens is 5. The summed E-state index contributed by atoms with van der Waals surface area (Å²) in [4.78, 5) is 21.3. The average molecular weight is 724 g/mol. The monoisotopic (exact) mass is 723 g/mol. The molecule has 5 heterocycles. The number of benzene rings is 6. The number of nitrogens with zero attached hydrogens (tertiary/aromatic N) is 5. The standard InChI is InChI=1S/C51H41N5/c1-50(2,3)35-24-26-44-40(29-35)41-30-36-25-27-45(41)56(44)49-42(28-34(31-52-49)38-21-13-12-20-37(38)32-16-8-6-9-17-32)48-54-46(33-18-10-7-11-19-33)53-47(55-48)39-22-14-15-23-43(39)51(36,4)5/h6-31H,1-5H3. The van der Waals surface area contributed by atoms with Crippen LogP contribution in [-0.2, 0) is 10.8 Å². The molecule has 5 nitrogen and oxygen atoms in total. The Balaban J connectivity index is 1.37. The zero-order chi connectivity index (χ0) is 38.2. The van der Waals surface area contributed by atoms with E-state index in [2.05, 4.69) is 173 Å². The lowest BCUT2D eigenvalue weighted by Gasteiger charge is -2.28. The molecule has 0 aliphatic carbocycles. The van der Waals surface area contributed by atoms with E-state index in [9.17, 15) is 0 Å². The van der Waals surface area contributed by atoms with Crippen molar-refractivity contribution in [2.75, 3.05) is 0 Å². The summed E-state index contributed by atoms with van der Waals surface area (Å²) in [6.07, 6.45) is 2.01. The number of hydrogen-bond donors (Lipinski definition) is 0. The Labute approximate surface area is 327 Å². The third-order valence-corrected chi connectivity index (χ3v) is 11.5. The van der Waals surface area contributed by atoms with Gasteiger partial charge in [-0.2, -0.15) is 0 Å². The number of fused-ring (bicyclic) bond motifs is 2. The van der Waals surface area contributed by atoms with E-state index in [-0.39, 0.29) is 10.8 Å². The molecule has 0 saturated carbocycles. The molecule has 0 N–H and O–H groups in total. The van der Waals surface area contributed by atoms with E-state index < -0.39 is 0 Å². The topological polar surface area (TPSA) is 56.5 Å². The molecular formula is C51H41N5. The Morgan fingerprint density at radius 3 is 1.73 bits per heavy atom. The van der Waals surface area contributed by atoms with Crippen LogP contribution in [0.3, 0.4) is 0 Å². The van der Waals surface area contributed by atoms with Gasteiger partial charge in [0.25, 0.3) is 0 Å². The predicted octanol–water partition coefficient (Wildman–Crippen LogP) is 12.6. The third kappa shape index (κ3) is 5.45. The molecule has 270 valence electrons. The van der Waals surface area contributed by atoms with Gasteiger partial charge < -0.3 is 0 Å². The molecule has 2 aliphatic rings. The Morgan fingerprint density at radius 2 is 1.04 bits per heavy atom. The van der Waals surface area contributed by atoms with Crippen LogP contribution in [0, 0.1) is 0 Å². The van der Waals surface area contributed by atoms with E-state index in [0.717, 1.165) is 61.4 Å². The summed E-state index contributed by atoms with van der Waals surface area (Å²) < 4.78 is 2.31. The van der Waals surface area contributed by atoms with Gasteiger partial charge in [0.2, 0.25) is 0 Å². The summed E-state index contributed by atoms with van der Waals surface area (Å²) in [7, 11) is 0. The first-order valence-corrected chi connectivity index (χ1v) is 19.3. The molecule has 0 radical (unpaired) electrons. The van der Waals surface area contributed by atoms with Gasteiger partial charge >= 0.3 is 0 Å². The lowest BCUT2D eigenvalue weighted by atomic mass is 9.75. The van der Waals surface area contributed by atoms with Gasteiger partial charge in [0, 0.05) is 39.1 Å². The molecule has 5 heteroatoms. The van der Waals surface area contributed by atoms with Crippen molar-refractivity contribution in [3.63, 3.8) is 0 Å². The van der Waals surface area contributed by atoms with Crippen LogP contribution in [-0.4, -0.2) is 24.5 Å². The van der Waals surface area contributed by atoms with Gasteiger partial charge in [-0.15, -0.1) is 0 Å². The average Bonchev–Trinajstić information content (AvgIpc) is 3.56. The van der Waals surface area contributed by atoms with E-state index in [0.29, 0.717) is 17.5 Å². The van der Waals surface area contributed by atoms with Crippen LogP contribution < -0.4 is 0 Å². The molecule has 56 heavy (non-hydrogen) atoms. The van der Waals surface area contributed by atoms with Gasteiger partial charge in [-0.05, 0) is 69.1 Å². The number of pyridine rings is 1. The highest BCUT2D eigenvalue weighted by molar-refractivity contribution is 6.10. The number of rotatable bonds is 3. The maximum Gasteiger partial charge on any atom is 0.167 e. The van der Waals surface area contributed by atoms with Gasteiger partial charge in [-0.25, -0.2) is 19.9 Å². The van der Waals surface area contributed by atoms with Crippen molar-refractivity contribution in [3.8, 4) is 62.2 Å². The molecule has 11 rings (SSSR count). The second-order valence-corrected chi connectivity index (χ2v) is 16.4. The Bertz CT molecular complexity index is 2970. The first kappa shape index (κ1) is 33.8. The van der Waals surface area contributed by atoms with Crippen molar-refractivity contribution in [2.24, 2.45) is 0 Å². The first-order valence-electron chi connectivity index (χ1n) is 19.3. The van der Waals surface area contributed by atoms with Crippen molar-refractivity contribution in [3.05, 3.63) is 175 Å². The highest BCUT2D eigenvalue weighted by Crippen LogP contribution is 2.44. The highest BCUT2D eigenvalue weighted by Gasteiger charge is 2.31. The quantitative estimate of drug-likeness (QED) is 0.182. The van der Waals surface area contributed by atoms with Crippen LogP contribution in [0.5, 0.6) is 0 Å². The summed E-state index contributed by atoms with van der Waals surface area (Å²) in [6, 6.07) is 53.9. The molecule has 0 unspecified atom stereocenters. The fourth-order valence-electron chi connectivity index (χ4n) is 8.37. The summed E-state index contributed by atoms with van der Waals surface area (Å²) in [5, 5.41) is 2.39. The van der Waals surface area contributed by atoms with E-state index in [1.54, 1.807) is 0 Å². The molecule has 3 aromatic heterocycles. The summed E-state index contributed by atoms with van der Waals surface area (Å²) in [6.45, 7) is 11.4. The molecule has 2 aliphatic heterocycles. The SMILES string of the molecule is CC(C)(C)c1ccc2c(c1)c1cc3ccc1n2-c1ncc(-c2ccccc2-c2ccccc2)cc1-c1nc(-c2ccccc2)nc(n1)-c1ccccc1C3(C)C. The van der Waals surface area contributed by atoms with Crippen LogP contribution in [0.1, 0.15) is 51.3 Å². The van der Waals surface area contributed by atoms with Gasteiger partial charge in [0.1, 0.15) is 5.82 Å². The molecule has 0 saturated heterocycles. The fraction of sp³-hybridized carbons (Fsp3) is 0.137. The van der Waals surface area contributed by atoms with Crippen molar-refractivity contribution >= 4 is 21.8 Å². The summed E-state index contributed by atoms with van der Waals surface area (Å²) in [5.74, 6) is 2.59. The van der Waals surface area contributed by atoms with E-state index >= 15 is 0 Å². The molecule has 0 spiro atoms. The Morgan fingerprint density at radius 1 is 0.482 bits per heavy atom. The highest BCUT2D eigenvalue weighted by atomic mass is 15.1. The molecule has 0 atom stereocenters. The molecule has 9 aromatic rings. The van der Waals surface area contributed by atoms with Gasteiger partial charge in [0.05, 0.1) is 16.6 Å². The van der Waals surface area contributed by atoms with Crippen LogP contribution in [0.2, 0.25) is 0 Å². The van der Waals surface area contributed by atoms with Crippen LogP contribution in [0.15, 0.2) is 158 Å². The predicted molar refractivity (Wildman–Crippen MR) is 230 cm³/mol. The normalized spacial score (nSPS) is 13.2. The maximum absolute atomic E-state index is 5.41. The smallest absolute Gasteiger partial charge is 0.167 e. The van der Waals surface area contributed by atoms with Crippen molar-refractivity contribution < 1.29 is 0 Å². The second kappa shape index (κ2) is 12.7. The van der Waals surface area contributed by atoms with E-state index in [1.807, 2.05) is 24.4 Å². The van der Waals surface area contributed by atoms with Crippen LogP contribution >= 0.6 is 0 Å². The molecule has 0 fully saturated rings. The number of hydrogen-bond acceptors (Lipinski definition) is 4. The van der Waals surface area contributed by atoms with Crippen LogP contribution in [0.4, 0.5) is 0 Å². The largest absolute Gasteiger partial charge is 0.293 e. The van der Waals surface area contributed by atoms with Crippen LogP contribution in [0.25, 0.3) is 84.0 Å². The van der Waals surface area contributed by atoms with Gasteiger partial charge in [-0.3, -0.25) is 4.57 Å². The van der Waals surface area contributed by atoms with E-state index in [1.165, 1.54) is 21.9 Å². The maximum atomic E-state index is 5.41. The Hall–Kier alpha value is -6.72. The van der Waals surface area contributed by atoms with E-state index in [4.69, 9.17) is 19.9 Å². The minimum atomic E-state index is -0.381. The lowest BCUT2D eigenvalue weighted by molar-refractivity contribution is 0.591. The van der Waals surface area contributed by atoms with Crippen molar-refractivity contribution in [2.45, 2.75) is 45.4 Å². The molecule has 6 bridgehead atoms. The minimum absolute atomic E-state index is 0.0222. The van der Waals surface area contributed by atoms with Crippen molar-refractivity contribution in [1.82, 2.24) is 24.5 Å². The van der Waals surface area contributed by atoms with Gasteiger partial charge in [-0.1, -0.05) is 156 Å². The zero-order valence-electron chi connectivity index (χ0n) is 32.2. The molecule has 0 amide bonds. The lowest BCUT2D eigenvalue weighted by Crippen LogP contribution is -2.20. The van der Waals surface area contributed by atoms with Crippen molar-refractivity contribution in [1.29, 1.82) is 0 Å². The second-order valence-electron chi connectivity index (χ2n) is 16.4. The van der Waals surface area contributed by atoms with Gasteiger partial charge in [0.15, 0.2) is 17.5 Å². The molecule has 6 aromatic carbocycles. The Kier molecular flexibility index (Phi) is 7.65. The minimum Gasteiger partial charge on any atom is -0.293 e. The molecular weight excluding hydrogens is 683 g/mol. The first-order chi connectivity index (χ1) is 27.1. The fourth-order valence-corrected chi connectivity index (χ4v) is 8.37. The third-order valence-electron chi connectivity index (χ3n) is 11.5. The summed E-state index contributed by atoms with van der Waals surface area (Å²) in [5.41, 5.74) is 12.5. The zero-order valence-corrected chi connectivity index (χ0v) is 32.2.